The predicted molar refractivity (Wildman–Crippen MR) is 67.3 cm³/mol. The van der Waals surface area contributed by atoms with Crippen molar-refractivity contribution in [2.45, 2.75) is 51.6 Å². The van der Waals surface area contributed by atoms with Crippen molar-refractivity contribution < 1.29 is 4.79 Å². The number of rotatable bonds is 1. The Morgan fingerprint density at radius 1 is 1.18 bits per heavy atom. The lowest BCUT2D eigenvalue weighted by Gasteiger charge is -2.32. The van der Waals surface area contributed by atoms with Crippen molar-refractivity contribution in [3.63, 3.8) is 0 Å². The minimum atomic E-state index is 0.140. The molecule has 96 valence electrons. The van der Waals surface area contributed by atoms with Crippen LogP contribution >= 0.6 is 0 Å². The van der Waals surface area contributed by atoms with E-state index in [2.05, 4.69) is 18.7 Å². The Kier molecular flexibility index (Phi) is 2.69. The fourth-order valence-electron chi connectivity index (χ4n) is 4.50. The fraction of sp³-hybridized carbons (Fsp3) is 0.929. The second-order valence-electron chi connectivity index (χ2n) is 6.62. The molecule has 1 heterocycles. The van der Waals surface area contributed by atoms with Crippen LogP contribution in [0.15, 0.2) is 0 Å². The summed E-state index contributed by atoms with van der Waals surface area (Å²) < 4.78 is 0. The van der Waals surface area contributed by atoms with Crippen molar-refractivity contribution in [2.24, 2.45) is 29.4 Å². The summed E-state index contributed by atoms with van der Waals surface area (Å²) in [5.74, 6) is 2.38. The normalized spacial score (nSPS) is 49.0. The summed E-state index contributed by atoms with van der Waals surface area (Å²) in [4.78, 5) is 14.8. The molecule has 3 rings (SSSR count). The predicted octanol–water partition coefficient (Wildman–Crippen LogP) is 1.62. The Morgan fingerprint density at radius 3 is 2.41 bits per heavy atom. The first-order chi connectivity index (χ1) is 8.08. The highest BCUT2D eigenvalue weighted by atomic mass is 16.2. The maximum absolute atomic E-state index is 12.6. The van der Waals surface area contributed by atoms with Crippen LogP contribution in [0.4, 0.5) is 0 Å². The summed E-state index contributed by atoms with van der Waals surface area (Å²) >= 11 is 0. The lowest BCUT2D eigenvalue weighted by atomic mass is 9.84. The Bertz CT molecular complexity index is 328. The molecule has 1 saturated heterocycles. The topological polar surface area (TPSA) is 46.3 Å². The SMILES string of the molecule is CC1CC(C)N(C(=O)C2C3CCC(C3)C2N)C1. The quantitative estimate of drug-likeness (QED) is 0.752. The minimum absolute atomic E-state index is 0.140. The summed E-state index contributed by atoms with van der Waals surface area (Å²) in [7, 11) is 0. The van der Waals surface area contributed by atoms with Crippen LogP contribution in [0.2, 0.25) is 0 Å². The maximum Gasteiger partial charge on any atom is 0.227 e. The van der Waals surface area contributed by atoms with Crippen molar-refractivity contribution in [3.05, 3.63) is 0 Å². The highest BCUT2D eigenvalue weighted by molar-refractivity contribution is 5.81. The molecule has 2 saturated carbocycles. The number of amides is 1. The Morgan fingerprint density at radius 2 is 1.88 bits per heavy atom. The molecule has 6 unspecified atom stereocenters. The first-order valence-electron chi connectivity index (χ1n) is 7.14. The average molecular weight is 236 g/mol. The Hall–Kier alpha value is -0.570. The molecule has 3 heteroatoms. The zero-order valence-electron chi connectivity index (χ0n) is 10.9. The Labute approximate surface area is 104 Å². The summed E-state index contributed by atoms with van der Waals surface area (Å²) in [6.45, 7) is 5.37. The first-order valence-corrected chi connectivity index (χ1v) is 7.14. The molecule has 3 fully saturated rings. The van der Waals surface area contributed by atoms with Crippen molar-refractivity contribution in [2.75, 3.05) is 6.54 Å². The largest absolute Gasteiger partial charge is 0.339 e. The molecule has 3 nitrogen and oxygen atoms in total. The van der Waals surface area contributed by atoms with Gasteiger partial charge in [-0.3, -0.25) is 4.79 Å². The summed E-state index contributed by atoms with van der Waals surface area (Å²) in [5, 5.41) is 0. The molecule has 2 N–H and O–H groups in total. The maximum atomic E-state index is 12.6. The second-order valence-corrected chi connectivity index (χ2v) is 6.62. The molecule has 2 bridgehead atoms. The molecular formula is C14H24N2O. The second kappa shape index (κ2) is 3.98. The monoisotopic (exact) mass is 236 g/mol. The van der Waals surface area contributed by atoms with Gasteiger partial charge in [0, 0.05) is 18.6 Å². The molecule has 1 aliphatic heterocycles. The van der Waals surface area contributed by atoms with E-state index in [0.717, 1.165) is 13.0 Å². The van der Waals surface area contributed by atoms with Crippen LogP contribution in [0.5, 0.6) is 0 Å². The van der Waals surface area contributed by atoms with Crippen LogP contribution in [-0.4, -0.2) is 29.4 Å². The number of hydrogen-bond donors (Lipinski definition) is 1. The van der Waals surface area contributed by atoms with Crippen LogP contribution in [0.25, 0.3) is 0 Å². The van der Waals surface area contributed by atoms with Gasteiger partial charge in [0.05, 0.1) is 5.92 Å². The zero-order valence-corrected chi connectivity index (χ0v) is 10.9. The molecule has 0 aromatic heterocycles. The molecular weight excluding hydrogens is 212 g/mol. The molecule has 0 aromatic rings. The molecule has 3 aliphatic rings. The van der Waals surface area contributed by atoms with Crippen molar-refractivity contribution in [1.29, 1.82) is 0 Å². The van der Waals surface area contributed by atoms with Crippen LogP contribution in [0.1, 0.15) is 39.5 Å². The lowest BCUT2D eigenvalue weighted by Crippen LogP contribution is -2.48. The average Bonchev–Trinajstić information content (AvgIpc) is 2.92. The van der Waals surface area contributed by atoms with Gasteiger partial charge in [-0.25, -0.2) is 0 Å². The number of likely N-dealkylation sites (tertiary alicyclic amines) is 1. The molecule has 0 radical (unpaired) electrons. The van der Waals surface area contributed by atoms with E-state index in [-0.39, 0.29) is 12.0 Å². The van der Waals surface area contributed by atoms with Gasteiger partial charge < -0.3 is 10.6 Å². The zero-order chi connectivity index (χ0) is 12.2. The van der Waals surface area contributed by atoms with Gasteiger partial charge >= 0.3 is 0 Å². The molecule has 1 amide bonds. The van der Waals surface area contributed by atoms with Crippen molar-refractivity contribution in [3.8, 4) is 0 Å². The highest BCUT2D eigenvalue weighted by Crippen LogP contribution is 2.48. The van der Waals surface area contributed by atoms with Crippen molar-refractivity contribution >= 4 is 5.91 Å². The number of carbonyl (C=O) groups is 1. The van der Waals surface area contributed by atoms with Gasteiger partial charge in [0.25, 0.3) is 0 Å². The number of carbonyl (C=O) groups excluding carboxylic acids is 1. The Balaban J connectivity index is 1.74. The van der Waals surface area contributed by atoms with E-state index >= 15 is 0 Å². The van der Waals surface area contributed by atoms with Gasteiger partial charge in [-0.05, 0) is 50.4 Å². The van der Waals surface area contributed by atoms with Crippen molar-refractivity contribution in [1.82, 2.24) is 4.90 Å². The molecule has 17 heavy (non-hydrogen) atoms. The van der Waals surface area contributed by atoms with E-state index < -0.39 is 0 Å². The minimum Gasteiger partial charge on any atom is -0.339 e. The van der Waals surface area contributed by atoms with Crippen LogP contribution in [-0.2, 0) is 4.79 Å². The van der Waals surface area contributed by atoms with E-state index in [9.17, 15) is 4.79 Å². The van der Waals surface area contributed by atoms with Crippen LogP contribution in [0, 0.1) is 23.7 Å². The highest BCUT2D eigenvalue weighted by Gasteiger charge is 2.51. The molecule has 0 spiro atoms. The van der Waals surface area contributed by atoms with Gasteiger partial charge in [0.15, 0.2) is 0 Å². The van der Waals surface area contributed by atoms with Gasteiger partial charge in [0.2, 0.25) is 5.91 Å². The fourth-order valence-corrected chi connectivity index (χ4v) is 4.50. The summed E-state index contributed by atoms with van der Waals surface area (Å²) in [6, 6.07) is 0.563. The van der Waals surface area contributed by atoms with Crippen LogP contribution < -0.4 is 5.73 Å². The molecule has 2 aliphatic carbocycles. The third-order valence-electron chi connectivity index (χ3n) is 5.33. The number of fused-ring (bicyclic) bond motifs is 2. The van der Waals surface area contributed by atoms with E-state index in [1.54, 1.807) is 0 Å². The van der Waals surface area contributed by atoms with E-state index in [1.165, 1.54) is 19.3 Å². The summed E-state index contributed by atoms with van der Waals surface area (Å²) in [6.07, 6.45) is 4.84. The number of nitrogens with two attached hydrogens (primary N) is 1. The molecule has 0 aromatic carbocycles. The smallest absolute Gasteiger partial charge is 0.227 e. The van der Waals surface area contributed by atoms with Gasteiger partial charge in [-0.1, -0.05) is 6.92 Å². The summed E-state index contributed by atoms with van der Waals surface area (Å²) in [5.41, 5.74) is 6.27. The number of hydrogen-bond acceptors (Lipinski definition) is 2. The third-order valence-corrected chi connectivity index (χ3v) is 5.33. The number of nitrogens with zero attached hydrogens (tertiary/aromatic N) is 1. The third kappa shape index (κ3) is 1.70. The van der Waals surface area contributed by atoms with E-state index in [1.807, 2.05) is 0 Å². The first kappa shape index (κ1) is 11.5. The van der Waals surface area contributed by atoms with Gasteiger partial charge in [-0.15, -0.1) is 0 Å². The molecule has 6 atom stereocenters. The van der Waals surface area contributed by atoms with Crippen LogP contribution in [0.3, 0.4) is 0 Å². The van der Waals surface area contributed by atoms with E-state index in [0.29, 0.717) is 29.7 Å². The van der Waals surface area contributed by atoms with Gasteiger partial charge in [0.1, 0.15) is 0 Å². The van der Waals surface area contributed by atoms with E-state index in [4.69, 9.17) is 5.73 Å². The standard InChI is InChI=1S/C14H24N2O/c1-8-5-9(2)16(7-8)14(17)12-10-3-4-11(6-10)13(12)15/h8-13H,3-7,15H2,1-2H3. The van der Waals surface area contributed by atoms with Gasteiger partial charge in [-0.2, -0.15) is 0 Å². The lowest BCUT2D eigenvalue weighted by molar-refractivity contribution is -0.138.